The summed E-state index contributed by atoms with van der Waals surface area (Å²) < 4.78 is 0. The summed E-state index contributed by atoms with van der Waals surface area (Å²) in [7, 11) is 0. The topological polar surface area (TPSA) is 15.3 Å². The van der Waals surface area contributed by atoms with Gasteiger partial charge in [0.2, 0.25) is 0 Å². The van der Waals surface area contributed by atoms with Gasteiger partial charge in [-0.3, -0.25) is 0 Å². The van der Waals surface area contributed by atoms with Crippen molar-refractivity contribution in [3.63, 3.8) is 0 Å². The number of rotatable bonds is 7. The van der Waals surface area contributed by atoms with Crippen LogP contribution in [0.1, 0.15) is 59.8 Å². The van der Waals surface area contributed by atoms with Gasteiger partial charge in [-0.05, 0) is 51.6 Å². The van der Waals surface area contributed by atoms with Gasteiger partial charge in [0.15, 0.2) is 0 Å². The molecule has 0 aromatic carbocycles. The maximum Gasteiger partial charge on any atom is 0.00818 e. The molecule has 1 fully saturated rings. The van der Waals surface area contributed by atoms with Crippen LogP contribution in [0.5, 0.6) is 0 Å². The molecule has 1 N–H and O–H groups in total. The molecule has 0 aromatic heterocycles. The number of piperidine rings is 1. The van der Waals surface area contributed by atoms with Crippen LogP contribution in [0.2, 0.25) is 0 Å². The summed E-state index contributed by atoms with van der Waals surface area (Å²) in [6.07, 6.45) is 6.68. The van der Waals surface area contributed by atoms with Crippen LogP contribution in [0.25, 0.3) is 0 Å². The fourth-order valence-corrected chi connectivity index (χ4v) is 3.05. The molecule has 2 heteroatoms. The molecule has 17 heavy (non-hydrogen) atoms. The minimum absolute atomic E-state index is 0.681. The van der Waals surface area contributed by atoms with Crippen molar-refractivity contribution in [1.82, 2.24) is 10.2 Å². The highest BCUT2D eigenvalue weighted by atomic mass is 15.1. The van der Waals surface area contributed by atoms with Gasteiger partial charge in [0, 0.05) is 18.6 Å². The first-order chi connectivity index (χ1) is 8.21. The maximum atomic E-state index is 3.86. The summed E-state index contributed by atoms with van der Waals surface area (Å²) in [5, 5.41) is 3.86. The van der Waals surface area contributed by atoms with Crippen molar-refractivity contribution < 1.29 is 0 Å². The molecule has 1 heterocycles. The Kier molecular flexibility index (Phi) is 7.14. The summed E-state index contributed by atoms with van der Waals surface area (Å²) in [6, 6.07) is 1.41. The van der Waals surface area contributed by atoms with E-state index in [-0.39, 0.29) is 0 Å². The van der Waals surface area contributed by atoms with E-state index in [2.05, 4.69) is 37.9 Å². The Morgan fingerprint density at radius 2 is 2.06 bits per heavy atom. The molecule has 1 aliphatic rings. The lowest BCUT2D eigenvalue weighted by Crippen LogP contribution is -2.47. The third-order valence-corrected chi connectivity index (χ3v) is 4.32. The van der Waals surface area contributed by atoms with E-state index in [0.717, 1.165) is 12.0 Å². The molecule has 0 radical (unpaired) electrons. The third-order valence-electron chi connectivity index (χ3n) is 4.32. The van der Waals surface area contributed by atoms with Crippen molar-refractivity contribution in [2.45, 2.75) is 71.9 Å². The Morgan fingerprint density at radius 3 is 2.65 bits per heavy atom. The van der Waals surface area contributed by atoms with E-state index >= 15 is 0 Å². The van der Waals surface area contributed by atoms with Gasteiger partial charge < -0.3 is 10.2 Å². The van der Waals surface area contributed by atoms with Crippen molar-refractivity contribution >= 4 is 0 Å². The lowest BCUT2D eigenvalue weighted by Gasteiger charge is -2.37. The van der Waals surface area contributed by atoms with E-state index in [1.807, 2.05) is 0 Å². The smallest absolute Gasteiger partial charge is 0.00818 e. The van der Waals surface area contributed by atoms with E-state index in [1.54, 1.807) is 0 Å². The highest BCUT2D eigenvalue weighted by Gasteiger charge is 2.24. The Hall–Kier alpha value is -0.0800. The zero-order valence-corrected chi connectivity index (χ0v) is 12.3. The van der Waals surface area contributed by atoms with Crippen molar-refractivity contribution in [2.75, 3.05) is 19.6 Å². The number of likely N-dealkylation sites (tertiary alicyclic amines) is 1. The molecule has 2 nitrogen and oxygen atoms in total. The fourth-order valence-electron chi connectivity index (χ4n) is 3.05. The van der Waals surface area contributed by atoms with Crippen LogP contribution in [-0.4, -0.2) is 36.6 Å². The number of nitrogens with zero attached hydrogens (tertiary/aromatic N) is 1. The van der Waals surface area contributed by atoms with E-state index < -0.39 is 0 Å². The monoisotopic (exact) mass is 240 g/mol. The zero-order valence-electron chi connectivity index (χ0n) is 12.3. The van der Waals surface area contributed by atoms with Crippen molar-refractivity contribution in [3.05, 3.63) is 0 Å². The van der Waals surface area contributed by atoms with Crippen LogP contribution in [0.3, 0.4) is 0 Å². The molecule has 0 aliphatic carbocycles. The van der Waals surface area contributed by atoms with Crippen molar-refractivity contribution in [1.29, 1.82) is 0 Å². The highest BCUT2D eigenvalue weighted by molar-refractivity contribution is 4.82. The van der Waals surface area contributed by atoms with E-state index in [4.69, 9.17) is 0 Å². The minimum atomic E-state index is 0.681. The van der Waals surface area contributed by atoms with Gasteiger partial charge in [0.05, 0.1) is 0 Å². The van der Waals surface area contributed by atoms with E-state index in [1.165, 1.54) is 51.7 Å². The molecule has 3 atom stereocenters. The average Bonchev–Trinajstić information content (AvgIpc) is 2.38. The first-order valence-electron chi connectivity index (χ1n) is 7.69. The normalized spacial score (nSPS) is 25.8. The molecular formula is C15H32N2. The second kappa shape index (κ2) is 8.10. The molecule has 1 rings (SSSR count). The Balaban J connectivity index is 2.37. The van der Waals surface area contributed by atoms with Gasteiger partial charge in [-0.1, -0.05) is 27.2 Å². The van der Waals surface area contributed by atoms with Crippen LogP contribution in [0.4, 0.5) is 0 Å². The lowest BCUT2D eigenvalue weighted by molar-refractivity contribution is 0.151. The van der Waals surface area contributed by atoms with Crippen LogP contribution in [0, 0.1) is 5.92 Å². The largest absolute Gasteiger partial charge is 0.311 e. The first kappa shape index (κ1) is 15.0. The van der Waals surface area contributed by atoms with Gasteiger partial charge >= 0.3 is 0 Å². The lowest BCUT2D eigenvalue weighted by atomic mass is 9.90. The van der Waals surface area contributed by atoms with Gasteiger partial charge in [-0.25, -0.2) is 0 Å². The Morgan fingerprint density at radius 1 is 1.29 bits per heavy atom. The Labute approximate surface area is 108 Å². The standard InChI is InChI=1S/C15H32N2/c1-5-9-15(6-2)16-13(4)14-10-8-11-17(7-3)12-14/h13-16H,5-12H2,1-4H3. The number of hydrogen-bond donors (Lipinski definition) is 1. The molecule has 102 valence electrons. The third kappa shape index (κ3) is 4.97. The molecule has 0 saturated carbocycles. The average molecular weight is 240 g/mol. The van der Waals surface area contributed by atoms with Gasteiger partial charge in [0.25, 0.3) is 0 Å². The first-order valence-corrected chi connectivity index (χ1v) is 7.69. The summed E-state index contributed by atoms with van der Waals surface area (Å²) in [5.41, 5.74) is 0. The van der Waals surface area contributed by atoms with Crippen LogP contribution < -0.4 is 5.32 Å². The number of hydrogen-bond acceptors (Lipinski definition) is 2. The van der Waals surface area contributed by atoms with Crippen molar-refractivity contribution in [2.24, 2.45) is 5.92 Å². The molecule has 3 unspecified atom stereocenters. The summed E-state index contributed by atoms with van der Waals surface area (Å²) >= 11 is 0. The van der Waals surface area contributed by atoms with Crippen molar-refractivity contribution in [3.8, 4) is 0 Å². The Bertz CT molecular complexity index is 193. The predicted molar refractivity (Wildman–Crippen MR) is 76.4 cm³/mol. The molecule has 1 aliphatic heterocycles. The molecule has 0 spiro atoms. The van der Waals surface area contributed by atoms with Gasteiger partial charge in [-0.2, -0.15) is 0 Å². The van der Waals surface area contributed by atoms with E-state index in [0.29, 0.717) is 6.04 Å². The molecule has 0 aromatic rings. The summed E-state index contributed by atoms with van der Waals surface area (Å²) in [4.78, 5) is 2.60. The quantitative estimate of drug-likeness (QED) is 0.735. The minimum Gasteiger partial charge on any atom is -0.311 e. The summed E-state index contributed by atoms with van der Waals surface area (Å²) in [5.74, 6) is 0.856. The second-order valence-electron chi connectivity index (χ2n) is 5.64. The zero-order chi connectivity index (χ0) is 12.7. The molecule has 0 bridgehead atoms. The highest BCUT2D eigenvalue weighted by Crippen LogP contribution is 2.20. The van der Waals surface area contributed by atoms with E-state index in [9.17, 15) is 0 Å². The maximum absolute atomic E-state index is 3.86. The van der Waals surface area contributed by atoms with Gasteiger partial charge in [0.1, 0.15) is 0 Å². The SMILES string of the molecule is CCCC(CC)NC(C)C1CCCN(CC)C1. The second-order valence-corrected chi connectivity index (χ2v) is 5.64. The molecular weight excluding hydrogens is 208 g/mol. The molecule has 0 amide bonds. The summed E-state index contributed by atoms with van der Waals surface area (Å²) in [6.45, 7) is 13.1. The van der Waals surface area contributed by atoms with Crippen LogP contribution >= 0.6 is 0 Å². The number of nitrogens with one attached hydrogen (secondary N) is 1. The van der Waals surface area contributed by atoms with Crippen LogP contribution in [-0.2, 0) is 0 Å². The molecule has 1 saturated heterocycles. The van der Waals surface area contributed by atoms with Crippen LogP contribution in [0.15, 0.2) is 0 Å². The van der Waals surface area contributed by atoms with Gasteiger partial charge in [-0.15, -0.1) is 0 Å². The fraction of sp³-hybridized carbons (Fsp3) is 1.00. The predicted octanol–water partition coefficient (Wildman–Crippen LogP) is 3.28.